The molecule has 2 aliphatic rings. The van der Waals surface area contributed by atoms with Crippen molar-refractivity contribution < 1.29 is 45.7 Å². The van der Waals surface area contributed by atoms with Crippen molar-refractivity contribution in [2.75, 3.05) is 33.4 Å². The van der Waals surface area contributed by atoms with Gasteiger partial charge in [-0.2, -0.15) is 26.3 Å². The molecule has 4 rings (SSSR count). The lowest BCUT2D eigenvalue weighted by Gasteiger charge is -2.48. The Labute approximate surface area is 227 Å². The zero-order valence-electron chi connectivity index (χ0n) is 21.9. The number of amides is 1. The van der Waals surface area contributed by atoms with E-state index in [0.29, 0.717) is 25.0 Å². The number of rotatable bonds is 8. The molecule has 13 heteroatoms. The summed E-state index contributed by atoms with van der Waals surface area (Å²) in [6.45, 7) is 1.95. The molecule has 2 fully saturated rings. The van der Waals surface area contributed by atoms with Crippen LogP contribution in [0.3, 0.4) is 0 Å². The van der Waals surface area contributed by atoms with Gasteiger partial charge in [-0.15, -0.1) is 0 Å². The van der Waals surface area contributed by atoms with Crippen LogP contribution in [-0.4, -0.2) is 61.2 Å². The maximum atomic E-state index is 13.4. The first-order chi connectivity index (χ1) is 18.7. The van der Waals surface area contributed by atoms with Gasteiger partial charge in [0.15, 0.2) is 6.35 Å². The normalized spacial score (nSPS) is 26.7. The highest BCUT2D eigenvalue weighted by Gasteiger charge is 2.56. The quantitative estimate of drug-likeness (QED) is 0.410. The maximum absolute atomic E-state index is 13.4. The van der Waals surface area contributed by atoms with Crippen LogP contribution in [0.25, 0.3) is 0 Å². The lowest BCUT2D eigenvalue weighted by molar-refractivity contribution is -0.143. The second kappa shape index (κ2) is 11.3. The molecule has 7 nitrogen and oxygen atoms in total. The van der Waals surface area contributed by atoms with Crippen LogP contribution in [0.5, 0.6) is 0 Å². The van der Waals surface area contributed by atoms with Gasteiger partial charge >= 0.3 is 12.4 Å². The van der Waals surface area contributed by atoms with Crippen LogP contribution in [-0.2, 0) is 32.2 Å². The van der Waals surface area contributed by atoms with Crippen molar-refractivity contribution in [2.24, 2.45) is 0 Å². The van der Waals surface area contributed by atoms with Gasteiger partial charge in [-0.3, -0.25) is 4.79 Å². The predicted molar refractivity (Wildman–Crippen MR) is 132 cm³/mol. The Morgan fingerprint density at radius 3 is 2.20 bits per heavy atom. The first-order valence-electron chi connectivity index (χ1n) is 12.7. The van der Waals surface area contributed by atoms with Crippen LogP contribution in [0.4, 0.5) is 26.3 Å². The third kappa shape index (κ3) is 5.98. The van der Waals surface area contributed by atoms with Crippen molar-refractivity contribution in [3.8, 4) is 0 Å². The number of methoxy groups -OCH3 is 1. The summed E-state index contributed by atoms with van der Waals surface area (Å²) < 4.78 is 91.4. The minimum atomic E-state index is -4.97. The molecule has 220 valence electrons. The Morgan fingerprint density at radius 2 is 1.68 bits per heavy atom. The molecule has 2 unspecified atom stereocenters. The van der Waals surface area contributed by atoms with Crippen molar-refractivity contribution in [2.45, 2.75) is 55.7 Å². The second-order valence-electron chi connectivity index (χ2n) is 10.2. The van der Waals surface area contributed by atoms with Gasteiger partial charge in [-0.25, -0.2) is 4.90 Å². The van der Waals surface area contributed by atoms with Gasteiger partial charge in [0.05, 0.1) is 36.0 Å². The number of hydrogen-bond acceptors (Lipinski definition) is 6. The van der Waals surface area contributed by atoms with E-state index < -0.39 is 47.0 Å². The van der Waals surface area contributed by atoms with Crippen molar-refractivity contribution in [1.29, 1.82) is 0 Å². The predicted octanol–water partition coefficient (Wildman–Crippen LogP) is 4.17. The number of carbonyl (C=O) groups excluding carboxylic acids is 1. The number of piperidine rings is 1. The van der Waals surface area contributed by atoms with E-state index in [2.05, 4.69) is 10.6 Å². The zero-order chi connectivity index (χ0) is 29.3. The summed E-state index contributed by atoms with van der Waals surface area (Å²) in [6.07, 6.45) is -11.6. The lowest BCUT2D eigenvalue weighted by Crippen LogP contribution is -2.65. The van der Waals surface area contributed by atoms with Crippen LogP contribution < -0.4 is 10.6 Å². The van der Waals surface area contributed by atoms with Gasteiger partial charge in [0, 0.05) is 20.2 Å². The van der Waals surface area contributed by atoms with E-state index in [9.17, 15) is 36.2 Å². The lowest BCUT2D eigenvalue weighted by atomic mass is 9.75. The summed E-state index contributed by atoms with van der Waals surface area (Å²) in [5.41, 5.74) is -4.29. The standard InChI is InChI=1S/C27H31F6N3O4/c1-17(18-12-20(26(28,29)30)14-21(13-18)27(31,32)33)40-16-24(19-6-4-3-5-7-19)8-9-25(15-34-24)22(37)35-23(38)36(25)10-11-39-2/h3-7,12-14,17,23,34,38H,8-11,15-16H2,1-2H3,(H,35,37)/t17-,23?,24-,25?/m1/s1. The van der Waals surface area contributed by atoms with Gasteiger partial charge in [0.25, 0.3) is 0 Å². The van der Waals surface area contributed by atoms with E-state index in [1.165, 1.54) is 14.0 Å². The third-order valence-electron chi connectivity index (χ3n) is 7.73. The van der Waals surface area contributed by atoms with E-state index in [0.717, 1.165) is 5.56 Å². The molecule has 0 bridgehead atoms. The number of carbonyl (C=O) groups is 1. The number of benzene rings is 2. The zero-order valence-corrected chi connectivity index (χ0v) is 21.9. The molecule has 40 heavy (non-hydrogen) atoms. The van der Waals surface area contributed by atoms with E-state index in [1.807, 2.05) is 12.1 Å². The molecule has 0 aromatic heterocycles. The first-order valence-corrected chi connectivity index (χ1v) is 12.7. The number of ether oxygens (including phenoxy) is 2. The molecular weight excluding hydrogens is 544 g/mol. The largest absolute Gasteiger partial charge is 0.416 e. The summed E-state index contributed by atoms with van der Waals surface area (Å²) in [4.78, 5) is 14.6. The first kappa shape index (κ1) is 30.3. The van der Waals surface area contributed by atoms with Gasteiger partial charge in [0.2, 0.25) is 5.91 Å². The third-order valence-corrected chi connectivity index (χ3v) is 7.73. The summed E-state index contributed by atoms with van der Waals surface area (Å²) in [6, 6.07) is 10.5. The van der Waals surface area contributed by atoms with Gasteiger partial charge in [-0.05, 0) is 49.1 Å². The molecule has 2 aliphatic heterocycles. The minimum absolute atomic E-state index is 0.0836. The minimum Gasteiger partial charge on any atom is -0.383 e. The van der Waals surface area contributed by atoms with Crippen molar-refractivity contribution in [3.05, 3.63) is 70.8 Å². The molecule has 0 saturated carbocycles. The molecule has 4 atom stereocenters. The van der Waals surface area contributed by atoms with E-state index >= 15 is 0 Å². The fourth-order valence-corrected chi connectivity index (χ4v) is 5.36. The molecule has 3 N–H and O–H groups in total. The number of halogens is 6. The molecule has 0 radical (unpaired) electrons. The number of alkyl halides is 6. The van der Waals surface area contributed by atoms with Crippen molar-refractivity contribution in [1.82, 2.24) is 15.5 Å². The number of nitrogens with one attached hydrogen (secondary N) is 2. The molecule has 0 aliphatic carbocycles. The fourth-order valence-electron chi connectivity index (χ4n) is 5.36. The number of nitrogens with zero attached hydrogens (tertiary/aromatic N) is 1. The molecular formula is C27H31F6N3O4. The SMILES string of the molecule is COCCN1C(O)NC(=O)C12CC[C@@](CO[C@H](C)c1cc(C(F)(F)F)cc(C(F)(F)F)c1)(c1ccccc1)NC2. The molecule has 2 aromatic rings. The average Bonchev–Trinajstić information content (AvgIpc) is 3.14. The van der Waals surface area contributed by atoms with Crippen LogP contribution in [0, 0.1) is 0 Å². The smallest absolute Gasteiger partial charge is 0.383 e. The van der Waals surface area contributed by atoms with Crippen molar-refractivity contribution in [3.63, 3.8) is 0 Å². The molecule has 2 heterocycles. The molecule has 1 amide bonds. The summed E-state index contributed by atoms with van der Waals surface area (Å²) in [5.74, 6) is -0.358. The summed E-state index contributed by atoms with van der Waals surface area (Å²) in [7, 11) is 1.50. The molecule has 2 saturated heterocycles. The Kier molecular flexibility index (Phi) is 8.53. The molecule has 2 aromatic carbocycles. The van der Waals surface area contributed by atoms with Crippen molar-refractivity contribution >= 4 is 5.91 Å². The Balaban J connectivity index is 1.60. The number of aliphatic hydroxyl groups excluding tert-OH is 1. The van der Waals surface area contributed by atoms with E-state index in [1.54, 1.807) is 23.1 Å². The number of aliphatic hydroxyl groups is 1. The summed E-state index contributed by atoms with van der Waals surface area (Å²) in [5, 5.41) is 16.4. The maximum Gasteiger partial charge on any atom is 0.416 e. The van der Waals surface area contributed by atoms with Crippen LogP contribution in [0.15, 0.2) is 48.5 Å². The fraction of sp³-hybridized carbons (Fsp3) is 0.519. The van der Waals surface area contributed by atoms with Crippen LogP contribution in [0.1, 0.15) is 48.1 Å². The van der Waals surface area contributed by atoms with Crippen LogP contribution in [0.2, 0.25) is 0 Å². The van der Waals surface area contributed by atoms with Gasteiger partial charge in [0.1, 0.15) is 5.54 Å². The monoisotopic (exact) mass is 575 g/mol. The Morgan fingerprint density at radius 1 is 1.05 bits per heavy atom. The topological polar surface area (TPSA) is 83.1 Å². The molecule has 1 spiro atoms. The highest BCUT2D eigenvalue weighted by Crippen LogP contribution is 2.41. The van der Waals surface area contributed by atoms with E-state index in [4.69, 9.17) is 9.47 Å². The Bertz CT molecular complexity index is 1150. The Hall–Kier alpha value is -2.71. The summed E-state index contributed by atoms with van der Waals surface area (Å²) >= 11 is 0. The van der Waals surface area contributed by atoms with Crippen LogP contribution >= 0.6 is 0 Å². The highest BCUT2D eigenvalue weighted by atomic mass is 19.4. The van der Waals surface area contributed by atoms with Gasteiger partial charge in [-0.1, -0.05) is 30.3 Å². The van der Waals surface area contributed by atoms with Gasteiger partial charge < -0.3 is 25.2 Å². The average molecular weight is 576 g/mol. The second-order valence-corrected chi connectivity index (χ2v) is 10.2. The van der Waals surface area contributed by atoms with E-state index in [-0.39, 0.29) is 43.8 Å². The highest BCUT2D eigenvalue weighted by molar-refractivity contribution is 5.89. The number of hydrogen-bond donors (Lipinski definition) is 3.